The summed E-state index contributed by atoms with van der Waals surface area (Å²) in [7, 11) is 2.86. The summed E-state index contributed by atoms with van der Waals surface area (Å²) in [5.41, 5.74) is 2.87. The molecule has 4 rings (SSSR count). The molecule has 3 heterocycles. The molecule has 1 saturated carbocycles. The quantitative estimate of drug-likeness (QED) is 0.0655. The molecule has 14 nitrogen and oxygen atoms in total. The fourth-order valence-corrected chi connectivity index (χ4v) is 8.68. The summed E-state index contributed by atoms with van der Waals surface area (Å²) in [6.45, 7) is 0. The molecular formula is C18H16N6Na2O8S4. The van der Waals surface area contributed by atoms with Crippen molar-refractivity contribution in [1.29, 1.82) is 0 Å². The number of ketones is 1. The van der Waals surface area contributed by atoms with Crippen LogP contribution in [0.25, 0.3) is 0 Å². The summed E-state index contributed by atoms with van der Waals surface area (Å²) in [6, 6.07) is 0. The Bertz CT molecular complexity index is 1240. The van der Waals surface area contributed by atoms with Crippen LogP contribution < -0.4 is 80.4 Å². The first-order valence-corrected chi connectivity index (χ1v) is 13.7. The number of thioether (sulfide) groups is 4. The topological polar surface area (TPSA) is 222 Å². The van der Waals surface area contributed by atoms with E-state index >= 15 is 0 Å². The number of rotatable bonds is 9. The standard InChI is InChI=1S/C18H18N6O8S4.2Na/c1-24-17(21-22-23-24)34-4-5-3-33-10-7(6(5)13(28)29)9(25)18(10,32-2)20-12(27)16-35-15(36-16)8(11(19)26)14(30)31;;/h7,10,16H,3-4H2,1-2H3,(H2,19,26)(H,20,27)(H,28,29)(H,30,31);;/q;2*+1/p-2/t7?,10-,16?,18-;;/m0../s1. The van der Waals surface area contributed by atoms with Crippen LogP contribution in [-0.4, -0.2) is 83.9 Å². The molecule has 1 aromatic heterocycles. The van der Waals surface area contributed by atoms with E-state index in [1.165, 1.54) is 35.3 Å². The number of hydrogen-bond acceptors (Lipinski definition) is 15. The van der Waals surface area contributed by atoms with Crippen LogP contribution in [0.5, 0.6) is 0 Å². The number of carbonyl (C=O) groups excluding carboxylic acids is 5. The van der Waals surface area contributed by atoms with Crippen LogP contribution in [0.15, 0.2) is 26.1 Å². The van der Waals surface area contributed by atoms with Crippen molar-refractivity contribution in [3.05, 3.63) is 21.0 Å². The van der Waals surface area contributed by atoms with E-state index < -0.39 is 56.6 Å². The molecule has 3 aliphatic rings. The third-order valence-corrected chi connectivity index (χ3v) is 11.0. The maximum Gasteiger partial charge on any atom is 1.00 e. The van der Waals surface area contributed by atoms with Gasteiger partial charge in [0.1, 0.15) is 4.58 Å². The molecule has 0 radical (unpaired) electrons. The summed E-state index contributed by atoms with van der Waals surface area (Å²) in [6.07, 6.45) is 0. The minimum absolute atomic E-state index is 0. The van der Waals surface area contributed by atoms with Crippen LogP contribution in [0, 0.1) is 5.92 Å². The van der Waals surface area contributed by atoms with E-state index in [1.807, 2.05) is 0 Å². The van der Waals surface area contributed by atoms with Crippen LogP contribution in [-0.2, 0) is 35.8 Å². The van der Waals surface area contributed by atoms with Crippen LogP contribution in [0.2, 0.25) is 0 Å². The third-order valence-electron chi connectivity index (χ3n) is 5.59. The predicted molar refractivity (Wildman–Crippen MR) is 124 cm³/mol. The number of ether oxygens (including phenoxy) is 1. The van der Waals surface area contributed by atoms with E-state index in [9.17, 15) is 34.2 Å². The fraction of sp³-hybridized carbons (Fsp3) is 0.444. The average Bonchev–Trinajstić information content (AvgIpc) is 3.20. The van der Waals surface area contributed by atoms with E-state index in [0.717, 1.165) is 23.5 Å². The second-order valence-corrected chi connectivity index (χ2v) is 12.4. The van der Waals surface area contributed by atoms with Gasteiger partial charge in [0, 0.05) is 25.7 Å². The molecule has 3 atom stereocenters. The van der Waals surface area contributed by atoms with Crippen molar-refractivity contribution >= 4 is 76.6 Å². The first-order chi connectivity index (χ1) is 17.0. The van der Waals surface area contributed by atoms with Gasteiger partial charge in [-0.05, 0) is 21.6 Å². The minimum atomic E-state index is -1.78. The summed E-state index contributed by atoms with van der Waals surface area (Å²) in [5, 5.41) is 36.4. The molecule has 2 aliphatic heterocycles. The molecule has 1 aliphatic carbocycles. The number of carboxylic acid groups (broad SMARTS) is 2. The smallest absolute Gasteiger partial charge is 0.545 e. The van der Waals surface area contributed by atoms with Crippen molar-refractivity contribution in [1.82, 2.24) is 25.5 Å². The number of amides is 2. The number of Topliss-reactive ketones (excluding diaryl/α,β-unsaturated/α-hetero) is 1. The number of aliphatic carboxylic acids is 2. The zero-order valence-electron chi connectivity index (χ0n) is 20.4. The number of tetrazole rings is 1. The Balaban J connectivity index is 0.00000253. The number of nitrogens with one attached hydrogen (secondary N) is 1. The van der Waals surface area contributed by atoms with Crippen molar-refractivity contribution in [3.63, 3.8) is 0 Å². The van der Waals surface area contributed by atoms with Gasteiger partial charge in [0.2, 0.25) is 16.8 Å². The third kappa shape index (κ3) is 6.05. The molecule has 0 aromatic carbocycles. The fourth-order valence-electron chi connectivity index (χ4n) is 3.87. The number of fused-ring (bicyclic) bond motifs is 1. The van der Waals surface area contributed by atoms with Gasteiger partial charge in [-0.25, -0.2) is 4.68 Å². The summed E-state index contributed by atoms with van der Waals surface area (Å²) in [5.74, 6) is -6.34. The Hall–Kier alpha value is -0.540. The van der Waals surface area contributed by atoms with Gasteiger partial charge in [0.15, 0.2) is 5.78 Å². The summed E-state index contributed by atoms with van der Waals surface area (Å²) in [4.78, 5) is 60.4. The molecule has 1 unspecified atom stereocenters. The zero-order valence-corrected chi connectivity index (χ0v) is 27.7. The Kier molecular flexibility index (Phi) is 11.9. The molecule has 1 aromatic rings. The number of aromatic nitrogens is 4. The minimum Gasteiger partial charge on any atom is -0.545 e. The molecular weight excluding hydrogens is 602 g/mol. The Labute approximate surface area is 276 Å². The molecule has 2 fully saturated rings. The van der Waals surface area contributed by atoms with E-state index in [4.69, 9.17) is 10.5 Å². The SMILES string of the molecule is CO[C@@]1(NC(=O)C2SC(=C(C(N)=O)C(=O)[O-])S2)C(=O)C2C(C(=O)[O-])=C(CSc3nnnn3C)CS[C@@H]21.[Na+].[Na+]. The molecule has 1 saturated heterocycles. The van der Waals surface area contributed by atoms with Gasteiger partial charge in [-0.15, -0.1) is 16.9 Å². The van der Waals surface area contributed by atoms with Gasteiger partial charge < -0.3 is 35.6 Å². The van der Waals surface area contributed by atoms with Crippen LogP contribution in [0.1, 0.15) is 0 Å². The number of carbonyl (C=O) groups is 5. The van der Waals surface area contributed by atoms with Gasteiger partial charge in [0.25, 0.3) is 5.91 Å². The average molecular weight is 619 g/mol. The molecule has 0 spiro atoms. The van der Waals surface area contributed by atoms with Crippen LogP contribution in [0.4, 0.5) is 0 Å². The largest absolute Gasteiger partial charge is 1.00 e. The number of nitrogens with two attached hydrogens (primary N) is 1. The molecule has 2 amide bonds. The van der Waals surface area contributed by atoms with Gasteiger partial charge in [-0.3, -0.25) is 14.4 Å². The second kappa shape index (κ2) is 13.4. The molecule has 20 heteroatoms. The first-order valence-electron chi connectivity index (χ1n) is 9.92. The number of carboxylic acids is 2. The summed E-state index contributed by atoms with van der Waals surface area (Å²) >= 11 is 4.02. The van der Waals surface area contributed by atoms with Crippen molar-refractivity contribution in [2.75, 3.05) is 18.6 Å². The molecule has 38 heavy (non-hydrogen) atoms. The van der Waals surface area contributed by atoms with Crippen molar-refractivity contribution in [2.45, 2.75) is 20.7 Å². The van der Waals surface area contributed by atoms with Crippen LogP contribution in [0.3, 0.4) is 0 Å². The monoisotopic (exact) mass is 618 g/mol. The van der Waals surface area contributed by atoms with E-state index in [2.05, 4.69) is 20.8 Å². The number of aryl methyl sites for hydroxylation is 1. The molecule has 3 N–H and O–H groups in total. The predicted octanol–water partition coefficient (Wildman–Crippen LogP) is -9.62. The van der Waals surface area contributed by atoms with E-state index in [0.29, 0.717) is 10.7 Å². The van der Waals surface area contributed by atoms with Crippen molar-refractivity contribution in [2.24, 2.45) is 18.7 Å². The number of nitrogens with zero attached hydrogens (tertiary/aromatic N) is 4. The maximum atomic E-state index is 13.2. The van der Waals surface area contributed by atoms with Crippen molar-refractivity contribution in [3.8, 4) is 0 Å². The number of primary amides is 1. The molecule has 0 bridgehead atoms. The van der Waals surface area contributed by atoms with E-state index in [1.54, 1.807) is 7.05 Å². The Morgan fingerprint density at radius 2 is 1.92 bits per heavy atom. The number of methoxy groups -OCH3 is 1. The van der Waals surface area contributed by atoms with Gasteiger partial charge in [-0.2, -0.15) is 0 Å². The Morgan fingerprint density at radius 1 is 1.26 bits per heavy atom. The first kappa shape index (κ1) is 33.7. The number of hydrogen-bond donors (Lipinski definition) is 2. The van der Waals surface area contributed by atoms with Crippen LogP contribution >= 0.6 is 47.0 Å². The normalized spacial score (nSPS) is 25.6. The van der Waals surface area contributed by atoms with Gasteiger partial charge in [-0.1, -0.05) is 35.3 Å². The summed E-state index contributed by atoms with van der Waals surface area (Å²) < 4.78 is 5.97. The second-order valence-electron chi connectivity index (χ2n) is 7.56. The maximum absolute atomic E-state index is 13.2. The molecule has 192 valence electrons. The van der Waals surface area contributed by atoms with Crippen molar-refractivity contribution < 1.29 is 98.0 Å². The van der Waals surface area contributed by atoms with E-state index in [-0.39, 0.29) is 80.4 Å². The van der Waals surface area contributed by atoms with Gasteiger partial charge in [0.05, 0.1) is 32.9 Å². The Morgan fingerprint density at radius 3 is 2.42 bits per heavy atom. The zero-order chi connectivity index (χ0) is 26.4. The van der Waals surface area contributed by atoms with Gasteiger partial charge >= 0.3 is 59.1 Å².